The van der Waals surface area contributed by atoms with E-state index < -0.39 is 5.97 Å². The predicted octanol–water partition coefficient (Wildman–Crippen LogP) is 1.79. The van der Waals surface area contributed by atoms with Crippen LogP contribution in [0.25, 0.3) is 11.0 Å². The van der Waals surface area contributed by atoms with Crippen LogP contribution in [0.15, 0.2) is 12.3 Å². The molecule has 6 heteroatoms. The number of ether oxygens (including phenoxy) is 1. The molecule has 78 valence electrons. The number of rotatable bonds is 2. The minimum Gasteiger partial charge on any atom is -0.461 e. The Kier molecular flexibility index (Phi) is 2.55. The topological polar surface area (TPSA) is 67.9 Å². The summed E-state index contributed by atoms with van der Waals surface area (Å²) in [5.74, 6) is -0.411. The minimum atomic E-state index is -0.411. The van der Waals surface area contributed by atoms with Crippen LogP contribution in [-0.4, -0.2) is 27.5 Å². The lowest BCUT2D eigenvalue weighted by Crippen LogP contribution is -2.04. The molecule has 2 aromatic heterocycles. The first-order chi connectivity index (χ1) is 7.20. The molecule has 15 heavy (non-hydrogen) atoms. The van der Waals surface area contributed by atoms with Crippen molar-refractivity contribution in [3.63, 3.8) is 0 Å². The number of nitrogens with zero attached hydrogens (tertiary/aromatic N) is 2. The van der Waals surface area contributed by atoms with E-state index in [0.717, 1.165) is 0 Å². The number of fused-ring (bicyclic) bond motifs is 1. The average molecular weight is 226 g/mol. The third-order valence-corrected chi connectivity index (χ3v) is 2.02. The zero-order valence-electron chi connectivity index (χ0n) is 7.95. The zero-order valence-corrected chi connectivity index (χ0v) is 8.71. The number of hydrogen-bond donors (Lipinski definition) is 1. The number of aromatic amines is 1. The molecule has 0 atom stereocenters. The van der Waals surface area contributed by atoms with Crippen molar-refractivity contribution in [2.24, 2.45) is 0 Å². The summed E-state index contributed by atoms with van der Waals surface area (Å²) in [5.41, 5.74) is 1.60. The van der Waals surface area contributed by atoms with Gasteiger partial charge < -0.3 is 9.72 Å². The van der Waals surface area contributed by atoms with Crippen molar-refractivity contribution < 1.29 is 9.53 Å². The number of nitrogens with one attached hydrogen (secondary N) is 1. The second kappa shape index (κ2) is 3.86. The highest BCUT2D eigenvalue weighted by molar-refractivity contribution is 6.28. The molecule has 0 aliphatic heterocycles. The van der Waals surface area contributed by atoms with Crippen molar-refractivity contribution in [3.8, 4) is 0 Å². The van der Waals surface area contributed by atoms with Crippen LogP contribution < -0.4 is 0 Å². The lowest BCUT2D eigenvalue weighted by atomic mass is 10.4. The first kappa shape index (κ1) is 9.92. The summed E-state index contributed by atoms with van der Waals surface area (Å²) in [6.45, 7) is 2.08. The van der Waals surface area contributed by atoms with Gasteiger partial charge in [-0.05, 0) is 24.6 Å². The molecule has 1 N–H and O–H groups in total. The van der Waals surface area contributed by atoms with Crippen molar-refractivity contribution in [1.82, 2.24) is 15.0 Å². The molecule has 2 rings (SSSR count). The standard InChI is InChI=1S/C9H8ClN3O2/c1-2-15-8(14)6-3-5-7(12-6)4-11-9(10)13-5/h3-4,12H,2H2,1H3. The molecule has 0 aromatic carbocycles. The quantitative estimate of drug-likeness (QED) is 0.625. The summed E-state index contributed by atoms with van der Waals surface area (Å²) in [5, 5.41) is 0.150. The fourth-order valence-corrected chi connectivity index (χ4v) is 1.36. The Bertz CT molecular complexity index is 509. The number of H-pyrrole nitrogens is 1. The average Bonchev–Trinajstić information content (AvgIpc) is 2.60. The highest BCUT2D eigenvalue weighted by Crippen LogP contribution is 2.14. The Balaban J connectivity index is 2.42. The maximum Gasteiger partial charge on any atom is 0.354 e. The summed E-state index contributed by atoms with van der Waals surface area (Å²) >= 11 is 5.62. The molecule has 0 aliphatic rings. The molecule has 2 heterocycles. The lowest BCUT2D eigenvalue weighted by Gasteiger charge is -1.96. The number of hydrogen-bond acceptors (Lipinski definition) is 4. The van der Waals surface area contributed by atoms with Crippen LogP contribution in [-0.2, 0) is 4.74 Å². The maximum atomic E-state index is 11.4. The fraction of sp³-hybridized carbons (Fsp3) is 0.222. The molecule has 0 saturated heterocycles. The lowest BCUT2D eigenvalue weighted by molar-refractivity contribution is 0.0520. The van der Waals surface area contributed by atoms with Gasteiger partial charge in [-0.25, -0.2) is 14.8 Å². The van der Waals surface area contributed by atoms with Gasteiger partial charge in [-0.15, -0.1) is 0 Å². The molecule has 0 saturated carbocycles. The Hall–Kier alpha value is -1.62. The maximum absolute atomic E-state index is 11.4. The number of aromatic nitrogens is 3. The van der Waals surface area contributed by atoms with E-state index in [-0.39, 0.29) is 5.28 Å². The van der Waals surface area contributed by atoms with Crippen molar-refractivity contribution >= 4 is 28.6 Å². The summed E-state index contributed by atoms with van der Waals surface area (Å²) in [6.07, 6.45) is 1.52. The van der Waals surface area contributed by atoms with E-state index in [9.17, 15) is 4.79 Å². The second-order valence-corrected chi connectivity index (χ2v) is 3.18. The van der Waals surface area contributed by atoms with Gasteiger partial charge in [0.2, 0.25) is 5.28 Å². The third-order valence-electron chi connectivity index (χ3n) is 1.83. The Morgan fingerprint density at radius 2 is 2.47 bits per heavy atom. The van der Waals surface area contributed by atoms with Gasteiger partial charge in [0.1, 0.15) is 5.69 Å². The number of carbonyl (C=O) groups excluding carboxylic acids is 1. The Labute approximate surface area is 90.4 Å². The van der Waals surface area contributed by atoms with Crippen LogP contribution >= 0.6 is 11.6 Å². The molecule has 2 aromatic rings. The molecule has 0 unspecified atom stereocenters. The molecule has 5 nitrogen and oxygen atoms in total. The highest BCUT2D eigenvalue weighted by Gasteiger charge is 2.11. The first-order valence-corrected chi connectivity index (χ1v) is 4.77. The van der Waals surface area contributed by atoms with Gasteiger partial charge in [-0.1, -0.05) is 0 Å². The second-order valence-electron chi connectivity index (χ2n) is 2.84. The fourth-order valence-electron chi connectivity index (χ4n) is 1.22. The highest BCUT2D eigenvalue weighted by atomic mass is 35.5. The van der Waals surface area contributed by atoms with E-state index in [1.807, 2.05) is 0 Å². The molecule has 0 spiro atoms. The first-order valence-electron chi connectivity index (χ1n) is 4.39. The molecule has 0 amide bonds. The third kappa shape index (κ3) is 1.92. The zero-order chi connectivity index (χ0) is 10.8. The van der Waals surface area contributed by atoms with Gasteiger partial charge in [0, 0.05) is 0 Å². The van der Waals surface area contributed by atoms with E-state index in [0.29, 0.717) is 23.3 Å². The van der Waals surface area contributed by atoms with Crippen LogP contribution in [0.4, 0.5) is 0 Å². The predicted molar refractivity (Wildman–Crippen MR) is 54.9 cm³/mol. The summed E-state index contributed by atoms with van der Waals surface area (Å²) in [6, 6.07) is 1.58. The van der Waals surface area contributed by atoms with Crippen molar-refractivity contribution in [3.05, 3.63) is 23.2 Å². The van der Waals surface area contributed by atoms with E-state index in [2.05, 4.69) is 15.0 Å². The van der Waals surface area contributed by atoms with Gasteiger partial charge in [0.25, 0.3) is 0 Å². The van der Waals surface area contributed by atoms with Gasteiger partial charge in [-0.3, -0.25) is 0 Å². The number of carbonyl (C=O) groups is 1. The minimum absolute atomic E-state index is 0.150. The normalized spacial score (nSPS) is 10.5. The largest absolute Gasteiger partial charge is 0.461 e. The monoisotopic (exact) mass is 225 g/mol. The van der Waals surface area contributed by atoms with Gasteiger partial charge in [0.05, 0.1) is 23.8 Å². The van der Waals surface area contributed by atoms with E-state index in [4.69, 9.17) is 16.3 Å². The van der Waals surface area contributed by atoms with Gasteiger partial charge in [-0.2, -0.15) is 0 Å². The Morgan fingerprint density at radius 1 is 1.67 bits per heavy atom. The van der Waals surface area contributed by atoms with Crippen LogP contribution in [0.1, 0.15) is 17.4 Å². The van der Waals surface area contributed by atoms with Crippen molar-refractivity contribution in [2.45, 2.75) is 6.92 Å². The van der Waals surface area contributed by atoms with Gasteiger partial charge >= 0.3 is 5.97 Å². The Morgan fingerprint density at radius 3 is 3.20 bits per heavy atom. The summed E-state index contributed by atoms with van der Waals surface area (Å²) in [4.78, 5) is 22.0. The van der Waals surface area contributed by atoms with Crippen molar-refractivity contribution in [2.75, 3.05) is 6.61 Å². The molecular weight excluding hydrogens is 218 g/mol. The van der Waals surface area contributed by atoms with Gasteiger partial charge in [0.15, 0.2) is 0 Å². The SMILES string of the molecule is CCOC(=O)c1cc2nc(Cl)ncc2[nH]1. The number of esters is 1. The van der Waals surface area contributed by atoms with E-state index in [1.165, 1.54) is 6.20 Å². The molecule has 0 radical (unpaired) electrons. The smallest absolute Gasteiger partial charge is 0.354 e. The molecule has 0 bridgehead atoms. The van der Waals surface area contributed by atoms with Crippen LogP contribution in [0, 0.1) is 0 Å². The molecule has 0 fully saturated rings. The molecule has 0 aliphatic carbocycles. The summed E-state index contributed by atoms with van der Waals surface area (Å²) in [7, 11) is 0. The van der Waals surface area contributed by atoms with Crippen LogP contribution in [0.3, 0.4) is 0 Å². The van der Waals surface area contributed by atoms with Crippen LogP contribution in [0.2, 0.25) is 5.28 Å². The summed E-state index contributed by atoms with van der Waals surface area (Å²) < 4.78 is 4.84. The van der Waals surface area contributed by atoms with E-state index >= 15 is 0 Å². The number of halogens is 1. The molecular formula is C9H8ClN3O2. The van der Waals surface area contributed by atoms with Crippen LogP contribution in [0.5, 0.6) is 0 Å². The van der Waals surface area contributed by atoms with E-state index in [1.54, 1.807) is 13.0 Å². The van der Waals surface area contributed by atoms with Crippen molar-refractivity contribution in [1.29, 1.82) is 0 Å².